The maximum atomic E-state index is 15.6. The summed E-state index contributed by atoms with van der Waals surface area (Å²) in [5.41, 5.74) is 0.0759. The van der Waals surface area contributed by atoms with Crippen LogP contribution in [0.4, 0.5) is 4.79 Å². The van der Waals surface area contributed by atoms with Crippen molar-refractivity contribution in [3.8, 4) is 0 Å². The van der Waals surface area contributed by atoms with Crippen molar-refractivity contribution in [1.82, 2.24) is 52.1 Å². The summed E-state index contributed by atoms with van der Waals surface area (Å²) < 4.78 is 24.8. The van der Waals surface area contributed by atoms with Crippen LogP contribution in [0.1, 0.15) is 159 Å². The lowest BCUT2D eigenvalue weighted by atomic mass is 9.77. The van der Waals surface area contributed by atoms with E-state index in [1.807, 2.05) is 102 Å². The van der Waals surface area contributed by atoms with Gasteiger partial charge in [-0.25, -0.2) is 14.6 Å². The number of alkyl carbamates (subject to hydrolysis) is 1. The Bertz CT molecular complexity index is 3340. The molecular formula is C75H106N10O13. The third-order valence-corrected chi connectivity index (χ3v) is 16.3. The first kappa shape index (κ1) is 79.7. The van der Waals surface area contributed by atoms with E-state index in [0.717, 1.165) is 16.7 Å². The summed E-state index contributed by atoms with van der Waals surface area (Å²) in [7, 11) is 1.22. The smallest absolute Gasteiger partial charge is 0.408 e. The second kappa shape index (κ2) is 35.5. The molecule has 0 aliphatic carbocycles. The molecule has 8 amide bonds. The van der Waals surface area contributed by atoms with Gasteiger partial charge in [0.2, 0.25) is 41.4 Å². The number of imidazole rings is 1. The van der Waals surface area contributed by atoms with Crippen molar-refractivity contribution in [2.75, 3.05) is 7.11 Å². The van der Waals surface area contributed by atoms with E-state index < -0.39 is 148 Å². The van der Waals surface area contributed by atoms with Crippen molar-refractivity contribution in [3.05, 3.63) is 162 Å². The topological polar surface area (TPSA) is 305 Å². The molecule has 1 aromatic heterocycles. The molecular weight excluding hydrogens is 1250 g/mol. The monoisotopic (exact) mass is 1350 g/mol. The van der Waals surface area contributed by atoms with E-state index in [1.54, 1.807) is 154 Å². The number of esters is 1. The molecule has 4 aromatic carbocycles. The van der Waals surface area contributed by atoms with Gasteiger partial charge in [-0.3, -0.25) is 33.6 Å². The molecule has 0 saturated carbocycles. The second-order valence-electron chi connectivity index (χ2n) is 28.7. The van der Waals surface area contributed by atoms with Crippen molar-refractivity contribution in [2.45, 2.75) is 227 Å². The van der Waals surface area contributed by atoms with E-state index in [2.05, 4.69) is 42.5 Å². The van der Waals surface area contributed by atoms with Gasteiger partial charge in [0.05, 0.1) is 42.5 Å². The number of amides is 8. The Morgan fingerprint density at radius 2 is 0.806 bits per heavy atom. The van der Waals surface area contributed by atoms with E-state index in [9.17, 15) is 28.8 Å². The summed E-state index contributed by atoms with van der Waals surface area (Å²) in [6.07, 6.45) is 0.739. The number of methoxy groups -OCH3 is 1. The number of aromatic nitrogens is 2. The third-order valence-electron chi connectivity index (χ3n) is 16.3. The summed E-state index contributed by atoms with van der Waals surface area (Å²) in [6.45, 7) is 30.7. The van der Waals surface area contributed by atoms with E-state index in [0.29, 0.717) is 17.7 Å². The van der Waals surface area contributed by atoms with Crippen LogP contribution in [0, 0.1) is 17.8 Å². The number of hydrogen-bond acceptors (Lipinski definition) is 14. The van der Waals surface area contributed by atoms with Crippen LogP contribution in [0.15, 0.2) is 134 Å². The lowest BCUT2D eigenvalue weighted by Gasteiger charge is -2.37. The molecule has 0 fully saturated rings. The minimum absolute atomic E-state index is 0.113. The Morgan fingerprint density at radius 1 is 0.439 bits per heavy atom. The molecule has 0 aliphatic heterocycles. The molecule has 0 saturated heterocycles. The van der Waals surface area contributed by atoms with Crippen LogP contribution < -0.4 is 42.5 Å². The first-order valence-electron chi connectivity index (χ1n) is 33.7. The Hall–Kier alpha value is -8.96. The molecule has 5 aromatic rings. The summed E-state index contributed by atoms with van der Waals surface area (Å²) in [5, 5.41) is 22.3. The van der Waals surface area contributed by atoms with Crippen LogP contribution in [0.5, 0.6) is 0 Å². The highest BCUT2D eigenvalue weighted by Gasteiger charge is 2.42. The maximum Gasteiger partial charge on any atom is 0.408 e. The van der Waals surface area contributed by atoms with E-state index in [4.69, 9.17) is 23.9 Å². The number of rotatable bonds is 32. The molecule has 1 heterocycles. The number of carbonyl (C=O) groups is 9. The van der Waals surface area contributed by atoms with Gasteiger partial charge >= 0.3 is 12.1 Å². The van der Waals surface area contributed by atoms with Gasteiger partial charge in [0.15, 0.2) is 0 Å². The lowest BCUT2D eigenvalue weighted by molar-refractivity contribution is -0.149. The minimum atomic E-state index is -1.54. The molecule has 98 heavy (non-hydrogen) atoms. The Kier molecular flexibility index (Phi) is 28.9. The molecule has 534 valence electrons. The lowest BCUT2D eigenvalue weighted by Crippen LogP contribution is -2.63. The Morgan fingerprint density at radius 3 is 1.22 bits per heavy atom. The van der Waals surface area contributed by atoms with Gasteiger partial charge in [0.25, 0.3) is 0 Å². The molecule has 23 heteroatoms. The third kappa shape index (κ3) is 23.1. The van der Waals surface area contributed by atoms with Crippen LogP contribution in [0.25, 0.3) is 0 Å². The highest BCUT2D eigenvalue weighted by atomic mass is 16.6. The molecule has 5 rings (SSSR count). The average molecular weight is 1360 g/mol. The quantitative estimate of drug-likeness (QED) is 0.0151. The number of hydrogen-bond donors (Lipinski definition) is 8. The van der Waals surface area contributed by atoms with Crippen LogP contribution in [0.3, 0.4) is 0 Å². The highest BCUT2D eigenvalue weighted by Crippen LogP contribution is 2.41. The minimum Gasteiger partial charge on any atom is -0.467 e. The molecule has 0 unspecified atom stereocenters. The molecule has 0 spiro atoms. The first-order chi connectivity index (χ1) is 45.9. The maximum absolute atomic E-state index is 15.6. The van der Waals surface area contributed by atoms with Crippen molar-refractivity contribution >= 4 is 53.4 Å². The standard InChI is InChI=1S/C75H106N10O13/c1-20-47(6)60(70(93)95-19)82-69(92)62(50(9)97-73(13,14)15)84-67(90)59(46(4)5)80-65(88)56(41-51-33-25-21-26-34-51)78-64(87)57(42-55-43-85(44-76-55)75(52-35-27-22-28-36-52,53-37-29-23-30-38-53)54-39-31-24-32-40-54)79-66(89)58(45(2)3)81-68(91)61(49(8)96-72(10,11)12)83-63(86)48(7)77-71(94)98-74(16,17)18/h21-40,43-50,56-62H,20,41-42H2,1-19H3,(H,77,94)(H,78,87)(H,79,89)(H,80,88)(H,81,91)(H,82,92)(H,83,86)(H,84,90)/t47-,48-,49+,50+,56+,57-,58+,59+,60-,61-,62-/m0/s1. The van der Waals surface area contributed by atoms with Crippen LogP contribution in [-0.4, -0.2) is 147 Å². The van der Waals surface area contributed by atoms with Gasteiger partial charge in [-0.2, -0.15) is 0 Å². The average Bonchev–Trinajstić information content (AvgIpc) is 1.28. The highest BCUT2D eigenvalue weighted by molar-refractivity contribution is 5.98. The summed E-state index contributed by atoms with van der Waals surface area (Å²) in [5.74, 6) is -7.85. The summed E-state index contributed by atoms with van der Waals surface area (Å²) in [4.78, 5) is 135. The summed E-state index contributed by atoms with van der Waals surface area (Å²) in [6, 6.07) is 27.7. The summed E-state index contributed by atoms with van der Waals surface area (Å²) >= 11 is 0. The predicted molar refractivity (Wildman–Crippen MR) is 375 cm³/mol. The molecule has 0 radical (unpaired) electrons. The fourth-order valence-electron chi connectivity index (χ4n) is 11.4. The van der Waals surface area contributed by atoms with Crippen LogP contribution >= 0.6 is 0 Å². The fourth-order valence-corrected chi connectivity index (χ4v) is 11.4. The largest absolute Gasteiger partial charge is 0.467 e. The molecule has 0 aliphatic rings. The van der Waals surface area contributed by atoms with E-state index in [-0.39, 0.29) is 18.8 Å². The zero-order chi connectivity index (χ0) is 73.0. The molecule has 23 nitrogen and oxygen atoms in total. The van der Waals surface area contributed by atoms with Crippen LogP contribution in [0.2, 0.25) is 0 Å². The van der Waals surface area contributed by atoms with Gasteiger partial charge in [-0.1, -0.05) is 169 Å². The predicted octanol–water partition coefficient (Wildman–Crippen LogP) is 7.75. The number of benzene rings is 4. The van der Waals surface area contributed by atoms with Gasteiger partial charge in [-0.05, 0) is 123 Å². The van der Waals surface area contributed by atoms with Crippen molar-refractivity contribution in [2.24, 2.45) is 17.8 Å². The number of ether oxygens (including phenoxy) is 4. The number of carbonyl (C=O) groups excluding carboxylic acids is 9. The van der Waals surface area contributed by atoms with Gasteiger partial charge in [0.1, 0.15) is 59.5 Å². The van der Waals surface area contributed by atoms with Crippen molar-refractivity contribution in [3.63, 3.8) is 0 Å². The van der Waals surface area contributed by atoms with Gasteiger partial charge in [-0.15, -0.1) is 0 Å². The zero-order valence-electron chi connectivity index (χ0n) is 60.5. The fraction of sp³-hybridized carbons (Fsp3) is 0.520. The first-order valence-corrected chi connectivity index (χ1v) is 33.7. The van der Waals surface area contributed by atoms with Gasteiger partial charge in [0, 0.05) is 19.0 Å². The van der Waals surface area contributed by atoms with E-state index >= 15 is 14.4 Å². The van der Waals surface area contributed by atoms with E-state index in [1.165, 1.54) is 14.0 Å². The van der Waals surface area contributed by atoms with Crippen molar-refractivity contribution < 1.29 is 62.1 Å². The number of nitrogens with zero attached hydrogens (tertiary/aromatic N) is 2. The Labute approximate surface area is 578 Å². The molecule has 0 bridgehead atoms. The molecule has 8 N–H and O–H groups in total. The zero-order valence-corrected chi connectivity index (χ0v) is 60.5. The van der Waals surface area contributed by atoms with Crippen molar-refractivity contribution in [1.29, 1.82) is 0 Å². The van der Waals surface area contributed by atoms with Gasteiger partial charge < -0.3 is 66.0 Å². The molecule has 11 atom stereocenters. The number of nitrogens with one attached hydrogen (secondary N) is 8. The second-order valence-corrected chi connectivity index (χ2v) is 28.7. The Balaban J connectivity index is 1.61. The van der Waals surface area contributed by atoms with Crippen LogP contribution in [-0.2, 0) is 75.7 Å². The SMILES string of the molecule is CC[C@H](C)[C@H](NC(=O)[C@@H](NC(=O)[C@H](NC(=O)[C@@H](Cc1ccccc1)NC(=O)[C@H](Cc1cn(C(c2ccccc2)(c2ccccc2)c2ccccc2)cn1)NC(=O)[C@H](NC(=O)[C@@H](NC(=O)[C@H](C)NC(=O)OC(C)(C)C)[C@@H](C)OC(C)(C)C)C(C)C)C(C)C)[C@@H](C)OC(C)(C)C)C(=O)OC. The normalized spacial score (nSPS) is 15.4.